The molecule has 2 rings (SSSR count). The Labute approximate surface area is 122 Å². The first-order valence-electron chi connectivity index (χ1n) is 7.55. The Balaban J connectivity index is 2.30. The molecule has 1 aliphatic heterocycles. The fraction of sp³-hybridized carbons (Fsp3) is 0.688. The van der Waals surface area contributed by atoms with Gasteiger partial charge in [0.1, 0.15) is 0 Å². The van der Waals surface area contributed by atoms with Crippen molar-refractivity contribution in [3.63, 3.8) is 0 Å². The number of rotatable bonds is 4. The fourth-order valence-corrected chi connectivity index (χ4v) is 2.71. The first kappa shape index (κ1) is 15.3. The maximum absolute atomic E-state index is 9.88. The normalized spacial score (nSPS) is 19.9. The van der Waals surface area contributed by atoms with Crippen LogP contribution in [0.5, 0.6) is 0 Å². The third kappa shape index (κ3) is 3.70. The summed E-state index contributed by atoms with van der Waals surface area (Å²) in [4.78, 5) is 9.28. The van der Waals surface area contributed by atoms with Gasteiger partial charge in [-0.2, -0.15) is 0 Å². The summed E-state index contributed by atoms with van der Waals surface area (Å²) in [5.41, 5.74) is 3.44. The van der Waals surface area contributed by atoms with Gasteiger partial charge in [-0.25, -0.2) is 0 Å². The second-order valence-corrected chi connectivity index (χ2v) is 6.34. The van der Waals surface area contributed by atoms with Crippen LogP contribution in [0.2, 0.25) is 0 Å². The molecule has 112 valence electrons. The summed E-state index contributed by atoms with van der Waals surface area (Å²) in [6.45, 7) is 6.92. The van der Waals surface area contributed by atoms with Gasteiger partial charge in [0.25, 0.3) is 0 Å². The monoisotopic (exact) mass is 277 g/mol. The molecular weight excluding hydrogens is 250 g/mol. The number of aliphatic hydroxyl groups excluding tert-OH is 1. The number of hydrogen-bond acceptors (Lipinski definition) is 4. The van der Waals surface area contributed by atoms with E-state index in [4.69, 9.17) is 4.98 Å². The van der Waals surface area contributed by atoms with Gasteiger partial charge in [-0.3, -0.25) is 4.98 Å². The molecule has 1 aliphatic rings. The molecule has 0 unspecified atom stereocenters. The average molecular weight is 277 g/mol. The van der Waals surface area contributed by atoms with Crippen LogP contribution in [-0.2, 0) is 6.54 Å². The average Bonchev–Trinajstić information content (AvgIpc) is 2.37. The summed E-state index contributed by atoms with van der Waals surface area (Å²) in [5.74, 6) is 0.442. The molecule has 0 aromatic carbocycles. The van der Waals surface area contributed by atoms with Gasteiger partial charge in [-0.05, 0) is 45.0 Å². The van der Waals surface area contributed by atoms with Crippen molar-refractivity contribution in [3.8, 4) is 0 Å². The lowest BCUT2D eigenvalue weighted by molar-refractivity contribution is 0.154. The zero-order chi connectivity index (χ0) is 14.7. The molecule has 0 bridgehead atoms. The lowest BCUT2D eigenvalue weighted by Crippen LogP contribution is -2.39. The van der Waals surface area contributed by atoms with Crippen molar-refractivity contribution in [2.45, 2.75) is 45.3 Å². The number of piperidine rings is 1. The maximum atomic E-state index is 9.88. The van der Waals surface area contributed by atoms with Gasteiger partial charge in [0.2, 0.25) is 0 Å². The largest absolute Gasteiger partial charge is 0.391 e. The Hall–Kier alpha value is -1.13. The molecule has 1 N–H and O–H groups in total. The first-order valence-corrected chi connectivity index (χ1v) is 7.55. The van der Waals surface area contributed by atoms with E-state index in [-0.39, 0.29) is 6.10 Å². The smallest absolute Gasteiger partial charge is 0.0780 e. The van der Waals surface area contributed by atoms with E-state index in [1.165, 1.54) is 5.69 Å². The van der Waals surface area contributed by atoms with Crippen molar-refractivity contribution in [2.75, 3.05) is 32.1 Å². The van der Waals surface area contributed by atoms with Crippen molar-refractivity contribution in [1.82, 2.24) is 9.88 Å². The summed E-state index contributed by atoms with van der Waals surface area (Å²) >= 11 is 0. The molecule has 20 heavy (non-hydrogen) atoms. The van der Waals surface area contributed by atoms with Crippen LogP contribution >= 0.6 is 0 Å². The van der Waals surface area contributed by atoms with Crippen molar-refractivity contribution >= 4 is 5.69 Å². The van der Waals surface area contributed by atoms with E-state index in [0.717, 1.165) is 43.9 Å². The lowest BCUT2D eigenvalue weighted by atomic mass is 10.1. The quantitative estimate of drug-likeness (QED) is 0.916. The van der Waals surface area contributed by atoms with Crippen molar-refractivity contribution < 1.29 is 5.11 Å². The second-order valence-electron chi connectivity index (χ2n) is 6.34. The molecule has 1 aromatic rings. The van der Waals surface area contributed by atoms with Gasteiger partial charge < -0.3 is 14.9 Å². The van der Waals surface area contributed by atoms with E-state index in [1.807, 2.05) is 0 Å². The summed E-state index contributed by atoms with van der Waals surface area (Å²) < 4.78 is 0. The fourth-order valence-electron chi connectivity index (χ4n) is 2.71. The molecule has 0 aliphatic carbocycles. The Morgan fingerprint density at radius 1 is 1.40 bits per heavy atom. The van der Waals surface area contributed by atoms with Crippen LogP contribution in [-0.4, -0.2) is 48.3 Å². The van der Waals surface area contributed by atoms with Crippen LogP contribution in [0.3, 0.4) is 0 Å². The molecule has 2 heterocycles. The van der Waals surface area contributed by atoms with E-state index < -0.39 is 0 Å². The number of pyridine rings is 1. The summed E-state index contributed by atoms with van der Waals surface area (Å²) in [6.07, 6.45) is 1.76. The van der Waals surface area contributed by atoms with Crippen LogP contribution in [0.25, 0.3) is 0 Å². The van der Waals surface area contributed by atoms with Crippen LogP contribution < -0.4 is 4.90 Å². The first-order chi connectivity index (χ1) is 9.47. The van der Waals surface area contributed by atoms with E-state index in [1.54, 1.807) is 0 Å². The van der Waals surface area contributed by atoms with Gasteiger partial charge >= 0.3 is 0 Å². The third-order valence-corrected chi connectivity index (χ3v) is 3.77. The predicted octanol–water partition coefficient (Wildman–Crippen LogP) is 2.23. The van der Waals surface area contributed by atoms with Gasteiger partial charge in [0, 0.05) is 25.3 Å². The van der Waals surface area contributed by atoms with Crippen LogP contribution in [0, 0.1) is 0 Å². The topological polar surface area (TPSA) is 39.6 Å². The molecule has 4 nitrogen and oxygen atoms in total. The number of anilines is 1. The Bertz CT molecular complexity index is 445. The van der Waals surface area contributed by atoms with Gasteiger partial charge in [0.15, 0.2) is 0 Å². The minimum atomic E-state index is -0.208. The number of aliphatic hydroxyl groups is 1. The molecule has 1 aromatic heterocycles. The second kappa shape index (κ2) is 6.55. The van der Waals surface area contributed by atoms with Gasteiger partial charge in [0.05, 0.1) is 17.5 Å². The van der Waals surface area contributed by atoms with Crippen LogP contribution in [0.1, 0.15) is 44.0 Å². The summed E-state index contributed by atoms with van der Waals surface area (Å²) in [7, 11) is 4.14. The SMILES string of the molecule is CC(C)c1ccc(N2CCC[C@H](O)C2)c(CN(C)C)n1. The molecule has 0 radical (unpaired) electrons. The van der Waals surface area contributed by atoms with Gasteiger partial charge in [-0.1, -0.05) is 13.8 Å². The van der Waals surface area contributed by atoms with Crippen molar-refractivity contribution in [1.29, 1.82) is 0 Å². The van der Waals surface area contributed by atoms with E-state index in [2.05, 4.69) is 49.9 Å². The minimum absolute atomic E-state index is 0.208. The number of β-amino-alcohol motifs (C(OH)–C–C–N with tert-alkyl or cyclic N) is 1. The molecule has 1 saturated heterocycles. The highest BCUT2D eigenvalue weighted by molar-refractivity contribution is 5.52. The highest BCUT2D eigenvalue weighted by Crippen LogP contribution is 2.26. The molecular formula is C16H27N3O. The third-order valence-electron chi connectivity index (χ3n) is 3.77. The van der Waals surface area contributed by atoms with Crippen LogP contribution in [0.15, 0.2) is 12.1 Å². The highest BCUT2D eigenvalue weighted by atomic mass is 16.3. The molecule has 0 saturated carbocycles. The van der Waals surface area contributed by atoms with E-state index in [0.29, 0.717) is 5.92 Å². The standard InChI is InChI=1S/C16H27N3O/c1-12(2)14-7-8-16(15(17-14)11-18(3)4)19-9-5-6-13(20)10-19/h7-8,12-13,20H,5-6,9-11H2,1-4H3/t13-/m0/s1. The minimum Gasteiger partial charge on any atom is -0.391 e. The zero-order valence-electron chi connectivity index (χ0n) is 13.1. The number of aromatic nitrogens is 1. The van der Waals surface area contributed by atoms with E-state index in [9.17, 15) is 5.11 Å². The summed E-state index contributed by atoms with van der Waals surface area (Å²) in [5, 5.41) is 9.88. The molecule has 0 spiro atoms. The van der Waals surface area contributed by atoms with Crippen molar-refractivity contribution in [2.24, 2.45) is 0 Å². The maximum Gasteiger partial charge on any atom is 0.0780 e. The van der Waals surface area contributed by atoms with Crippen molar-refractivity contribution in [3.05, 3.63) is 23.5 Å². The Kier molecular flexibility index (Phi) is 5.00. The summed E-state index contributed by atoms with van der Waals surface area (Å²) in [6, 6.07) is 4.30. The molecule has 1 fully saturated rings. The number of nitrogens with zero attached hydrogens (tertiary/aromatic N) is 3. The highest BCUT2D eigenvalue weighted by Gasteiger charge is 2.21. The van der Waals surface area contributed by atoms with Crippen LogP contribution in [0.4, 0.5) is 5.69 Å². The number of hydrogen-bond donors (Lipinski definition) is 1. The lowest BCUT2D eigenvalue weighted by Gasteiger charge is -2.33. The Morgan fingerprint density at radius 3 is 2.75 bits per heavy atom. The van der Waals surface area contributed by atoms with Gasteiger partial charge in [-0.15, -0.1) is 0 Å². The Morgan fingerprint density at radius 2 is 2.15 bits per heavy atom. The molecule has 0 amide bonds. The van der Waals surface area contributed by atoms with E-state index >= 15 is 0 Å². The predicted molar refractivity (Wildman–Crippen MR) is 83.2 cm³/mol. The molecule has 1 atom stereocenters. The molecule has 4 heteroatoms. The zero-order valence-corrected chi connectivity index (χ0v) is 13.1.